The molecule has 0 bridgehead atoms. The van der Waals surface area contributed by atoms with Crippen LogP contribution in [0.1, 0.15) is 29.4 Å². The molecule has 1 heterocycles. The molecule has 0 saturated heterocycles. The first kappa shape index (κ1) is 15.0. The highest BCUT2D eigenvalue weighted by Crippen LogP contribution is 2.05. The number of aryl methyl sites for hydroxylation is 1. The maximum atomic E-state index is 12.0. The molecule has 110 valence electrons. The number of carbonyl (C=O) groups is 2. The van der Waals surface area contributed by atoms with Gasteiger partial charge in [0, 0.05) is 12.2 Å². The summed E-state index contributed by atoms with van der Waals surface area (Å²) in [6.07, 6.45) is 4.32. The number of nitrogens with zero attached hydrogens (tertiary/aromatic N) is 1. The largest absolute Gasteiger partial charge is 0.352 e. The van der Waals surface area contributed by atoms with E-state index in [0.717, 1.165) is 19.1 Å². The smallest absolute Gasteiger partial charge is 0.240 e. The average Bonchev–Trinajstić information content (AvgIpc) is 2.93. The Morgan fingerprint density at radius 3 is 2.71 bits per heavy atom. The number of hydrogen-bond donors (Lipinski definition) is 1. The van der Waals surface area contributed by atoms with Crippen molar-refractivity contribution in [3.63, 3.8) is 0 Å². The Morgan fingerprint density at radius 1 is 1.24 bits per heavy atom. The minimum Gasteiger partial charge on any atom is -0.352 e. The van der Waals surface area contributed by atoms with Gasteiger partial charge in [-0.05, 0) is 37.5 Å². The van der Waals surface area contributed by atoms with E-state index in [2.05, 4.69) is 17.4 Å². The van der Waals surface area contributed by atoms with Gasteiger partial charge in [-0.15, -0.1) is 0 Å². The minimum atomic E-state index is -0.0742. The van der Waals surface area contributed by atoms with Gasteiger partial charge in [-0.3, -0.25) is 9.59 Å². The first-order valence-corrected chi connectivity index (χ1v) is 7.12. The molecule has 0 radical (unpaired) electrons. The van der Waals surface area contributed by atoms with Gasteiger partial charge < -0.3 is 9.88 Å². The van der Waals surface area contributed by atoms with Crippen molar-refractivity contribution in [3.05, 3.63) is 59.9 Å². The van der Waals surface area contributed by atoms with Gasteiger partial charge in [0.1, 0.15) is 6.54 Å². The summed E-state index contributed by atoms with van der Waals surface area (Å²) in [5.74, 6) is -0.0742. The van der Waals surface area contributed by atoms with Gasteiger partial charge in [0.2, 0.25) is 5.91 Å². The standard InChI is InChI=1S/C17H20N2O2/c1-14(9-10-15-6-3-2-4-7-15)18-17(21)12-19-11-5-8-16(19)13-20/h2-8,11,13-14H,9-10,12H2,1H3,(H,18,21). The average molecular weight is 284 g/mol. The molecular weight excluding hydrogens is 264 g/mol. The molecule has 0 fully saturated rings. The van der Waals surface area contributed by atoms with E-state index in [9.17, 15) is 9.59 Å². The lowest BCUT2D eigenvalue weighted by Crippen LogP contribution is -2.35. The summed E-state index contributed by atoms with van der Waals surface area (Å²) >= 11 is 0. The SMILES string of the molecule is CC(CCc1ccccc1)NC(=O)Cn1cccc1C=O. The van der Waals surface area contributed by atoms with E-state index in [1.54, 1.807) is 22.9 Å². The Morgan fingerprint density at radius 2 is 2.00 bits per heavy atom. The third-order valence-electron chi connectivity index (χ3n) is 3.42. The molecule has 1 atom stereocenters. The van der Waals surface area contributed by atoms with Crippen LogP contribution >= 0.6 is 0 Å². The van der Waals surface area contributed by atoms with Crippen molar-refractivity contribution >= 4 is 12.2 Å². The van der Waals surface area contributed by atoms with Gasteiger partial charge in [-0.25, -0.2) is 0 Å². The summed E-state index contributed by atoms with van der Waals surface area (Å²) < 4.78 is 1.65. The van der Waals surface area contributed by atoms with Crippen LogP contribution < -0.4 is 5.32 Å². The Labute approximate surface area is 124 Å². The van der Waals surface area contributed by atoms with Crippen molar-refractivity contribution < 1.29 is 9.59 Å². The third kappa shape index (κ3) is 4.60. The summed E-state index contributed by atoms with van der Waals surface area (Å²) in [5.41, 5.74) is 1.79. The summed E-state index contributed by atoms with van der Waals surface area (Å²) in [6.45, 7) is 2.17. The van der Waals surface area contributed by atoms with Gasteiger partial charge in [0.15, 0.2) is 6.29 Å². The summed E-state index contributed by atoms with van der Waals surface area (Å²) in [5, 5.41) is 2.96. The van der Waals surface area contributed by atoms with Crippen molar-refractivity contribution in [3.8, 4) is 0 Å². The highest BCUT2D eigenvalue weighted by Gasteiger charge is 2.09. The maximum Gasteiger partial charge on any atom is 0.240 e. The van der Waals surface area contributed by atoms with Crippen molar-refractivity contribution in [2.75, 3.05) is 0 Å². The Balaban J connectivity index is 1.78. The molecule has 1 aromatic carbocycles. The van der Waals surface area contributed by atoms with Crippen LogP contribution in [0.15, 0.2) is 48.7 Å². The summed E-state index contributed by atoms with van der Waals surface area (Å²) in [7, 11) is 0. The number of rotatable bonds is 7. The molecule has 2 aromatic rings. The van der Waals surface area contributed by atoms with E-state index in [-0.39, 0.29) is 18.5 Å². The zero-order valence-electron chi connectivity index (χ0n) is 12.2. The van der Waals surface area contributed by atoms with Crippen molar-refractivity contribution in [2.45, 2.75) is 32.4 Å². The van der Waals surface area contributed by atoms with Crippen LogP contribution in [0.2, 0.25) is 0 Å². The second kappa shape index (κ2) is 7.43. The second-order valence-corrected chi connectivity index (χ2v) is 5.17. The lowest BCUT2D eigenvalue weighted by molar-refractivity contribution is -0.122. The number of amides is 1. The summed E-state index contributed by atoms with van der Waals surface area (Å²) in [4.78, 5) is 22.8. The summed E-state index contributed by atoms with van der Waals surface area (Å²) in [6, 6.07) is 13.8. The molecule has 1 N–H and O–H groups in total. The monoisotopic (exact) mass is 284 g/mol. The fourth-order valence-corrected chi connectivity index (χ4v) is 2.25. The quantitative estimate of drug-likeness (QED) is 0.794. The zero-order chi connectivity index (χ0) is 15.1. The number of carbonyl (C=O) groups excluding carboxylic acids is 2. The van der Waals surface area contributed by atoms with Gasteiger partial charge in [-0.1, -0.05) is 30.3 Å². The highest BCUT2D eigenvalue weighted by molar-refractivity contribution is 5.78. The number of nitrogens with one attached hydrogen (secondary N) is 1. The van der Waals surface area contributed by atoms with Crippen molar-refractivity contribution in [1.29, 1.82) is 0 Å². The first-order valence-electron chi connectivity index (χ1n) is 7.12. The fraction of sp³-hybridized carbons (Fsp3) is 0.294. The lowest BCUT2D eigenvalue weighted by atomic mass is 10.1. The highest BCUT2D eigenvalue weighted by atomic mass is 16.2. The van der Waals surface area contributed by atoms with Gasteiger partial charge in [0.25, 0.3) is 0 Å². The molecule has 1 unspecified atom stereocenters. The minimum absolute atomic E-state index is 0.0742. The molecule has 0 spiro atoms. The molecule has 21 heavy (non-hydrogen) atoms. The number of aromatic nitrogens is 1. The third-order valence-corrected chi connectivity index (χ3v) is 3.42. The molecule has 0 saturated carbocycles. The Kier molecular flexibility index (Phi) is 5.32. The molecule has 2 rings (SSSR count). The molecule has 0 aliphatic carbocycles. The van der Waals surface area contributed by atoms with E-state index in [0.29, 0.717) is 5.69 Å². The van der Waals surface area contributed by atoms with Crippen LogP contribution in [0.25, 0.3) is 0 Å². The van der Waals surface area contributed by atoms with Gasteiger partial charge >= 0.3 is 0 Å². The normalized spacial score (nSPS) is 11.9. The molecule has 1 aromatic heterocycles. The van der Waals surface area contributed by atoms with Crippen LogP contribution in [-0.4, -0.2) is 22.8 Å². The van der Waals surface area contributed by atoms with Crippen LogP contribution in [0.4, 0.5) is 0 Å². The maximum absolute atomic E-state index is 12.0. The van der Waals surface area contributed by atoms with Gasteiger partial charge in [0.05, 0.1) is 5.69 Å². The van der Waals surface area contributed by atoms with E-state index >= 15 is 0 Å². The van der Waals surface area contributed by atoms with E-state index in [1.807, 2.05) is 25.1 Å². The van der Waals surface area contributed by atoms with Crippen LogP contribution in [0.5, 0.6) is 0 Å². The van der Waals surface area contributed by atoms with Crippen LogP contribution in [0, 0.1) is 0 Å². The number of hydrogen-bond acceptors (Lipinski definition) is 2. The number of aldehydes is 1. The van der Waals surface area contributed by atoms with E-state index < -0.39 is 0 Å². The van der Waals surface area contributed by atoms with Crippen LogP contribution in [-0.2, 0) is 17.8 Å². The number of benzene rings is 1. The zero-order valence-corrected chi connectivity index (χ0v) is 12.2. The molecular formula is C17H20N2O2. The van der Waals surface area contributed by atoms with Gasteiger partial charge in [-0.2, -0.15) is 0 Å². The van der Waals surface area contributed by atoms with E-state index in [1.165, 1.54) is 5.56 Å². The Bertz CT molecular complexity index is 590. The predicted octanol–water partition coefficient (Wildman–Crippen LogP) is 2.44. The second-order valence-electron chi connectivity index (χ2n) is 5.17. The lowest BCUT2D eigenvalue weighted by Gasteiger charge is -2.14. The molecule has 4 heteroatoms. The van der Waals surface area contributed by atoms with Crippen molar-refractivity contribution in [1.82, 2.24) is 9.88 Å². The molecule has 0 aliphatic heterocycles. The fourth-order valence-electron chi connectivity index (χ4n) is 2.25. The Hall–Kier alpha value is -2.36. The molecule has 0 aliphatic rings. The van der Waals surface area contributed by atoms with Crippen molar-refractivity contribution in [2.24, 2.45) is 0 Å². The topological polar surface area (TPSA) is 51.1 Å². The molecule has 4 nitrogen and oxygen atoms in total. The predicted molar refractivity (Wildman–Crippen MR) is 82.2 cm³/mol. The van der Waals surface area contributed by atoms with Crippen LogP contribution in [0.3, 0.4) is 0 Å². The first-order chi connectivity index (χ1) is 10.2. The van der Waals surface area contributed by atoms with E-state index in [4.69, 9.17) is 0 Å². The molecule has 1 amide bonds.